The van der Waals surface area contributed by atoms with E-state index >= 15 is 0 Å². The Morgan fingerprint density at radius 1 is 1.00 bits per heavy atom. The third-order valence-corrected chi connectivity index (χ3v) is 6.07. The van der Waals surface area contributed by atoms with E-state index < -0.39 is 10.0 Å². The summed E-state index contributed by atoms with van der Waals surface area (Å²) in [5, 5.41) is 7.74. The van der Waals surface area contributed by atoms with Crippen LogP contribution in [0.25, 0.3) is 5.65 Å². The molecule has 0 fully saturated rings. The highest BCUT2D eigenvalue weighted by molar-refractivity contribution is 7.92. The fourth-order valence-corrected chi connectivity index (χ4v) is 4.39. The van der Waals surface area contributed by atoms with Crippen molar-refractivity contribution in [3.63, 3.8) is 0 Å². The predicted octanol–water partition coefficient (Wildman–Crippen LogP) is 3.43. The fourth-order valence-electron chi connectivity index (χ4n) is 2.93. The van der Waals surface area contributed by atoms with Gasteiger partial charge in [-0.2, -0.15) is 0 Å². The lowest BCUT2D eigenvalue weighted by molar-refractivity contribution is 0.590. The van der Waals surface area contributed by atoms with Gasteiger partial charge in [-0.25, -0.2) is 8.42 Å². The van der Waals surface area contributed by atoms with E-state index in [4.69, 9.17) is 0 Å². The molecule has 0 aliphatic carbocycles. The molecular weight excluding hydrogens is 360 g/mol. The standard InChI is InChI=1S/C20H18N4O2S/c1-16-6-5-9-18(12-16)24(13-17-7-3-2-4-8-17)27(25,26)19-10-11-20-22-21-15-23(20)14-19/h2-12,14-15H,13H2,1H3. The third kappa shape index (κ3) is 3.41. The molecule has 0 saturated carbocycles. The molecule has 2 aromatic heterocycles. The molecule has 0 saturated heterocycles. The van der Waals surface area contributed by atoms with Gasteiger partial charge in [-0.3, -0.25) is 8.71 Å². The van der Waals surface area contributed by atoms with Gasteiger partial charge < -0.3 is 0 Å². The van der Waals surface area contributed by atoms with Crippen LogP contribution in [0.4, 0.5) is 5.69 Å². The number of nitrogens with zero attached hydrogens (tertiary/aromatic N) is 4. The normalized spacial score (nSPS) is 11.6. The van der Waals surface area contributed by atoms with Gasteiger partial charge in [-0.15, -0.1) is 10.2 Å². The van der Waals surface area contributed by atoms with E-state index in [0.717, 1.165) is 11.1 Å². The number of hydrogen-bond acceptors (Lipinski definition) is 4. The van der Waals surface area contributed by atoms with Crippen molar-refractivity contribution in [3.05, 3.63) is 90.4 Å². The Morgan fingerprint density at radius 2 is 1.81 bits per heavy atom. The van der Waals surface area contributed by atoms with Gasteiger partial charge in [0.2, 0.25) is 0 Å². The number of aromatic nitrogens is 3. The SMILES string of the molecule is Cc1cccc(N(Cc2ccccc2)S(=O)(=O)c2ccc3nncn3c2)c1. The second-order valence-corrected chi connectivity index (χ2v) is 8.16. The summed E-state index contributed by atoms with van der Waals surface area (Å²) in [7, 11) is -3.78. The highest BCUT2D eigenvalue weighted by Crippen LogP contribution is 2.27. The summed E-state index contributed by atoms with van der Waals surface area (Å²) in [6.07, 6.45) is 3.03. The van der Waals surface area contributed by atoms with Gasteiger partial charge in [0.25, 0.3) is 10.0 Å². The van der Waals surface area contributed by atoms with E-state index in [-0.39, 0.29) is 11.4 Å². The number of sulfonamides is 1. The van der Waals surface area contributed by atoms with Crippen LogP contribution in [0.3, 0.4) is 0 Å². The number of aryl methyl sites for hydroxylation is 1. The van der Waals surface area contributed by atoms with Crippen LogP contribution in [-0.4, -0.2) is 23.0 Å². The fraction of sp³-hybridized carbons (Fsp3) is 0.100. The van der Waals surface area contributed by atoms with Crippen LogP contribution in [-0.2, 0) is 16.6 Å². The van der Waals surface area contributed by atoms with Gasteiger partial charge in [-0.05, 0) is 42.3 Å². The molecule has 0 N–H and O–H groups in total. The number of rotatable bonds is 5. The number of benzene rings is 2. The van der Waals surface area contributed by atoms with E-state index in [0.29, 0.717) is 11.3 Å². The molecule has 4 rings (SSSR count). The van der Waals surface area contributed by atoms with E-state index in [1.807, 2.05) is 61.5 Å². The first-order valence-electron chi connectivity index (χ1n) is 8.47. The van der Waals surface area contributed by atoms with E-state index in [1.54, 1.807) is 22.7 Å². The maximum Gasteiger partial charge on any atom is 0.266 e. The average molecular weight is 378 g/mol. The molecule has 136 valence electrons. The minimum absolute atomic E-state index is 0.187. The molecule has 0 aliphatic heterocycles. The molecule has 7 heteroatoms. The van der Waals surface area contributed by atoms with Crippen LogP contribution in [0.1, 0.15) is 11.1 Å². The molecule has 0 unspecified atom stereocenters. The van der Waals surface area contributed by atoms with Crippen molar-refractivity contribution in [2.45, 2.75) is 18.4 Å². The summed E-state index contributed by atoms with van der Waals surface area (Å²) in [5.74, 6) is 0. The van der Waals surface area contributed by atoms with Crippen LogP contribution in [0, 0.1) is 6.92 Å². The molecule has 0 atom stereocenters. The first-order valence-corrected chi connectivity index (χ1v) is 9.91. The predicted molar refractivity (Wildman–Crippen MR) is 104 cm³/mol. The van der Waals surface area contributed by atoms with E-state index in [1.165, 1.54) is 10.6 Å². The van der Waals surface area contributed by atoms with Crippen LogP contribution in [0.15, 0.2) is 84.1 Å². The first-order chi connectivity index (χ1) is 13.0. The molecule has 2 aromatic carbocycles. The van der Waals surface area contributed by atoms with Crippen molar-refractivity contribution in [2.75, 3.05) is 4.31 Å². The van der Waals surface area contributed by atoms with Gasteiger partial charge in [0.15, 0.2) is 5.65 Å². The molecule has 0 spiro atoms. The van der Waals surface area contributed by atoms with Gasteiger partial charge in [0.05, 0.1) is 12.2 Å². The molecular formula is C20H18N4O2S. The minimum Gasteiger partial charge on any atom is -0.288 e. The number of hydrogen-bond donors (Lipinski definition) is 0. The average Bonchev–Trinajstić information content (AvgIpc) is 3.14. The number of fused-ring (bicyclic) bond motifs is 1. The largest absolute Gasteiger partial charge is 0.288 e. The summed E-state index contributed by atoms with van der Waals surface area (Å²) in [6, 6.07) is 20.3. The maximum absolute atomic E-state index is 13.5. The van der Waals surface area contributed by atoms with Crippen molar-refractivity contribution >= 4 is 21.4 Å². The quantitative estimate of drug-likeness (QED) is 0.534. The van der Waals surface area contributed by atoms with Crippen molar-refractivity contribution in [1.82, 2.24) is 14.6 Å². The van der Waals surface area contributed by atoms with Crippen LogP contribution < -0.4 is 4.31 Å². The highest BCUT2D eigenvalue weighted by atomic mass is 32.2. The van der Waals surface area contributed by atoms with E-state index in [2.05, 4.69) is 10.2 Å². The highest BCUT2D eigenvalue weighted by Gasteiger charge is 2.26. The Bertz CT molecular complexity index is 1190. The molecule has 6 nitrogen and oxygen atoms in total. The Morgan fingerprint density at radius 3 is 2.59 bits per heavy atom. The molecule has 0 radical (unpaired) electrons. The minimum atomic E-state index is -3.78. The second-order valence-electron chi connectivity index (χ2n) is 6.30. The Labute approximate surface area is 157 Å². The first kappa shape index (κ1) is 17.2. The number of anilines is 1. The lowest BCUT2D eigenvalue weighted by Gasteiger charge is -2.25. The van der Waals surface area contributed by atoms with Crippen molar-refractivity contribution < 1.29 is 8.42 Å². The Kier molecular flexibility index (Phi) is 4.37. The zero-order valence-corrected chi connectivity index (χ0v) is 15.5. The maximum atomic E-state index is 13.5. The topological polar surface area (TPSA) is 67.6 Å². The van der Waals surface area contributed by atoms with Gasteiger partial charge in [-0.1, -0.05) is 42.5 Å². The van der Waals surface area contributed by atoms with Crippen LogP contribution in [0.5, 0.6) is 0 Å². The smallest absolute Gasteiger partial charge is 0.266 e. The number of pyridine rings is 1. The van der Waals surface area contributed by atoms with E-state index in [9.17, 15) is 8.42 Å². The monoisotopic (exact) mass is 378 g/mol. The summed E-state index contributed by atoms with van der Waals surface area (Å²) >= 11 is 0. The summed E-state index contributed by atoms with van der Waals surface area (Å²) < 4.78 is 30.0. The zero-order chi connectivity index (χ0) is 18.9. The zero-order valence-electron chi connectivity index (χ0n) is 14.7. The molecule has 4 aromatic rings. The van der Waals surface area contributed by atoms with Crippen molar-refractivity contribution in [2.24, 2.45) is 0 Å². The Balaban J connectivity index is 1.83. The van der Waals surface area contributed by atoms with Crippen molar-refractivity contribution in [1.29, 1.82) is 0 Å². The summed E-state index contributed by atoms with van der Waals surface area (Å²) in [5.41, 5.74) is 3.13. The molecule has 0 aliphatic rings. The lowest BCUT2D eigenvalue weighted by Crippen LogP contribution is -2.30. The molecule has 0 amide bonds. The lowest BCUT2D eigenvalue weighted by atomic mass is 10.2. The van der Waals surface area contributed by atoms with Crippen LogP contribution >= 0.6 is 0 Å². The van der Waals surface area contributed by atoms with Crippen molar-refractivity contribution in [3.8, 4) is 0 Å². The molecule has 2 heterocycles. The Hall–Kier alpha value is -3.19. The molecule has 0 bridgehead atoms. The molecule has 27 heavy (non-hydrogen) atoms. The second kappa shape index (κ2) is 6.85. The van der Waals surface area contributed by atoms with Gasteiger partial charge in [0.1, 0.15) is 11.2 Å². The summed E-state index contributed by atoms with van der Waals surface area (Å²) in [6.45, 7) is 2.19. The van der Waals surface area contributed by atoms with Gasteiger partial charge >= 0.3 is 0 Å². The van der Waals surface area contributed by atoms with Gasteiger partial charge in [0, 0.05) is 6.20 Å². The summed E-state index contributed by atoms with van der Waals surface area (Å²) in [4.78, 5) is 0.187. The van der Waals surface area contributed by atoms with Crippen LogP contribution in [0.2, 0.25) is 0 Å². The third-order valence-electron chi connectivity index (χ3n) is 4.31.